The molecule has 1 aromatic heterocycles. The molecular weight excluding hydrogens is 221 g/mol. The van der Waals surface area contributed by atoms with Crippen LogP contribution in [0.15, 0.2) is 0 Å². The molecule has 4 nitrogen and oxygen atoms in total. The Hall–Kier alpha value is -1.10. The van der Waals surface area contributed by atoms with Gasteiger partial charge in [0.1, 0.15) is 5.69 Å². The Bertz CT molecular complexity index is 395. The Kier molecular flexibility index (Phi) is 3.04. The third-order valence-electron chi connectivity index (χ3n) is 1.72. The van der Waals surface area contributed by atoms with Crippen molar-refractivity contribution in [2.75, 3.05) is 5.32 Å². The lowest BCUT2D eigenvalue weighted by Crippen LogP contribution is -2.25. The minimum atomic E-state index is -0.636. The Labute approximate surface area is 92.4 Å². The van der Waals surface area contributed by atoms with Gasteiger partial charge in [0.2, 0.25) is 11.9 Å². The van der Waals surface area contributed by atoms with Gasteiger partial charge in [-0.15, -0.1) is 0 Å². The van der Waals surface area contributed by atoms with Gasteiger partial charge in [-0.25, -0.2) is 4.68 Å². The molecule has 0 fully saturated rings. The summed E-state index contributed by atoms with van der Waals surface area (Å²) in [4.78, 5) is 10.8. The van der Waals surface area contributed by atoms with E-state index in [1.54, 1.807) is 20.8 Å². The molecule has 15 heavy (non-hydrogen) atoms. The molecule has 6 heteroatoms. The molecule has 0 unspecified atom stereocenters. The van der Waals surface area contributed by atoms with E-state index in [0.29, 0.717) is 0 Å². The molecule has 1 N–H and O–H groups in total. The topological polar surface area (TPSA) is 46.9 Å². The van der Waals surface area contributed by atoms with Crippen molar-refractivity contribution >= 4 is 23.2 Å². The van der Waals surface area contributed by atoms with E-state index in [2.05, 4.69) is 10.4 Å². The lowest BCUT2D eigenvalue weighted by Gasteiger charge is -2.19. The van der Waals surface area contributed by atoms with Gasteiger partial charge in [0.15, 0.2) is 5.15 Å². The van der Waals surface area contributed by atoms with E-state index in [1.165, 1.54) is 6.92 Å². The Balaban J connectivity index is 3.21. The predicted octanol–water partition coefficient (Wildman–Crippen LogP) is 2.39. The third-order valence-corrected chi connectivity index (χ3v) is 1.99. The average molecular weight is 234 g/mol. The first kappa shape index (κ1) is 12.0. The summed E-state index contributed by atoms with van der Waals surface area (Å²) >= 11 is 5.71. The highest BCUT2D eigenvalue weighted by Crippen LogP contribution is 2.28. The van der Waals surface area contributed by atoms with E-state index in [4.69, 9.17) is 11.6 Å². The minimum absolute atomic E-state index is 0.0439. The Morgan fingerprint density at radius 2 is 2.07 bits per heavy atom. The zero-order chi connectivity index (χ0) is 11.8. The van der Waals surface area contributed by atoms with Crippen molar-refractivity contribution in [2.24, 2.45) is 0 Å². The first-order valence-corrected chi connectivity index (χ1v) is 4.83. The normalized spacial score (nSPS) is 11.6. The summed E-state index contributed by atoms with van der Waals surface area (Å²) in [6.45, 7) is 6.65. The van der Waals surface area contributed by atoms with Crippen molar-refractivity contribution < 1.29 is 9.18 Å². The van der Waals surface area contributed by atoms with Crippen LogP contribution in [0.1, 0.15) is 27.7 Å². The molecule has 1 rings (SSSR count). The van der Waals surface area contributed by atoms with Crippen LogP contribution < -0.4 is 5.32 Å². The third kappa shape index (κ3) is 2.47. The molecule has 0 saturated carbocycles. The molecule has 0 aromatic carbocycles. The van der Waals surface area contributed by atoms with Crippen LogP contribution in [0, 0.1) is 5.95 Å². The number of anilines is 1. The summed E-state index contributed by atoms with van der Waals surface area (Å²) in [5, 5.41) is 6.09. The van der Waals surface area contributed by atoms with Gasteiger partial charge in [-0.05, 0) is 20.8 Å². The zero-order valence-corrected chi connectivity index (χ0v) is 9.81. The van der Waals surface area contributed by atoms with Gasteiger partial charge >= 0.3 is 0 Å². The quantitative estimate of drug-likeness (QED) is 0.810. The summed E-state index contributed by atoms with van der Waals surface area (Å²) in [5.74, 6) is -1.02. The van der Waals surface area contributed by atoms with Gasteiger partial charge in [0, 0.05) is 6.92 Å². The second-order valence-corrected chi connectivity index (χ2v) is 4.58. The van der Waals surface area contributed by atoms with E-state index in [1.807, 2.05) is 0 Å². The Morgan fingerprint density at radius 1 is 1.53 bits per heavy atom. The van der Waals surface area contributed by atoms with Gasteiger partial charge in [-0.3, -0.25) is 4.79 Å². The highest BCUT2D eigenvalue weighted by atomic mass is 35.5. The molecule has 0 spiro atoms. The maximum atomic E-state index is 13.8. The van der Waals surface area contributed by atoms with Gasteiger partial charge < -0.3 is 5.32 Å². The lowest BCUT2D eigenvalue weighted by molar-refractivity contribution is -0.114. The number of hydrogen-bond acceptors (Lipinski definition) is 2. The van der Waals surface area contributed by atoms with E-state index in [0.717, 1.165) is 4.68 Å². The fourth-order valence-electron chi connectivity index (χ4n) is 1.10. The number of aromatic nitrogens is 2. The monoisotopic (exact) mass is 233 g/mol. The van der Waals surface area contributed by atoms with Crippen LogP contribution in [-0.2, 0) is 10.3 Å². The van der Waals surface area contributed by atoms with Crippen molar-refractivity contribution in [1.29, 1.82) is 0 Å². The van der Waals surface area contributed by atoms with E-state index in [9.17, 15) is 9.18 Å². The minimum Gasteiger partial charge on any atom is -0.320 e. The highest BCUT2D eigenvalue weighted by Gasteiger charge is 2.24. The van der Waals surface area contributed by atoms with E-state index < -0.39 is 11.5 Å². The van der Waals surface area contributed by atoms with Crippen LogP contribution in [0.5, 0.6) is 0 Å². The van der Waals surface area contributed by atoms with Gasteiger partial charge in [0.05, 0.1) is 5.54 Å². The number of carbonyl (C=O) groups is 1. The summed E-state index contributed by atoms with van der Waals surface area (Å²) < 4.78 is 14.9. The average Bonchev–Trinajstić information content (AvgIpc) is 2.30. The summed E-state index contributed by atoms with van der Waals surface area (Å²) in [5.41, 5.74) is -0.594. The second kappa shape index (κ2) is 3.81. The van der Waals surface area contributed by atoms with Crippen molar-refractivity contribution in [2.45, 2.75) is 33.2 Å². The molecule has 0 radical (unpaired) electrons. The van der Waals surface area contributed by atoms with Crippen LogP contribution >= 0.6 is 11.6 Å². The fraction of sp³-hybridized carbons (Fsp3) is 0.556. The SMILES string of the molecule is CC(=O)Nc1c(Cl)nn(C(C)(C)C)c1F. The standard InChI is InChI=1S/C9H13ClFN3O/c1-5(15)12-6-7(10)13-14(8(6)11)9(2,3)4/h1-4H3,(H,12,15). The van der Waals surface area contributed by atoms with Gasteiger partial charge in [-0.1, -0.05) is 11.6 Å². The molecule has 0 aliphatic carbocycles. The maximum absolute atomic E-state index is 13.8. The molecule has 0 aliphatic heterocycles. The number of carbonyl (C=O) groups excluding carboxylic acids is 1. The van der Waals surface area contributed by atoms with E-state index >= 15 is 0 Å². The predicted molar refractivity (Wildman–Crippen MR) is 56.5 cm³/mol. The second-order valence-electron chi connectivity index (χ2n) is 4.22. The van der Waals surface area contributed by atoms with Crippen molar-refractivity contribution in [1.82, 2.24) is 9.78 Å². The summed E-state index contributed by atoms with van der Waals surface area (Å²) in [7, 11) is 0. The Morgan fingerprint density at radius 3 is 2.40 bits per heavy atom. The molecule has 1 amide bonds. The fourth-order valence-corrected chi connectivity index (χ4v) is 1.30. The van der Waals surface area contributed by atoms with Crippen molar-refractivity contribution in [3.63, 3.8) is 0 Å². The molecule has 84 valence electrons. The molecule has 0 aliphatic rings. The summed E-state index contributed by atoms with van der Waals surface area (Å²) in [6, 6.07) is 0. The summed E-state index contributed by atoms with van der Waals surface area (Å²) in [6.07, 6.45) is 0. The number of hydrogen-bond donors (Lipinski definition) is 1. The number of nitrogens with zero attached hydrogens (tertiary/aromatic N) is 2. The molecule has 0 saturated heterocycles. The van der Waals surface area contributed by atoms with Crippen LogP contribution in [0.25, 0.3) is 0 Å². The first-order valence-electron chi connectivity index (χ1n) is 4.45. The van der Waals surface area contributed by atoms with Gasteiger partial charge in [0.25, 0.3) is 0 Å². The maximum Gasteiger partial charge on any atom is 0.237 e. The van der Waals surface area contributed by atoms with Crippen molar-refractivity contribution in [3.8, 4) is 0 Å². The van der Waals surface area contributed by atoms with Crippen LogP contribution in [0.4, 0.5) is 10.1 Å². The highest BCUT2D eigenvalue weighted by molar-refractivity contribution is 6.32. The molecule has 1 aromatic rings. The number of amides is 1. The van der Waals surface area contributed by atoms with Crippen LogP contribution in [0.3, 0.4) is 0 Å². The zero-order valence-electron chi connectivity index (χ0n) is 9.06. The number of nitrogens with one attached hydrogen (secondary N) is 1. The largest absolute Gasteiger partial charge is 0.320 e. The van der Waals surface area contributed by atoms with Gasteiger partial charge in [-0.2, -0.15) is 9.49 Å². The van der Waals surface area contributed by atoms with Crippen molar-refractivity contribution in [3.05, 3.63) is 11.1 Å². The molecule has 0 bridgehead atoms. The number of rotatable bonds is 1. The number of halogens is 2. The smallest absolute Gasteiger partial charge is 0.237 e. The lowest BCUT2D eigenvalue weighted by atomic mass is 10.1. The van der Waals surface area contributed by atoms with Crippen LogP contribution in [0.2, 0.25) is 5.15 Å². The molecular formula is C9H13ClFN3O. The first-order chi connectivity index (χ1) is 6.73. The molecule has 0 atom stereocenters. The van der Waals surface area contributed by atoms with E-state index in [-0.39, 0.29) is 16.7 Å². The van der Waals surface area contributed by atoms with Crippen LogP contribution in [-0.4, -0.2) is 15.7 Å². The molecule has 1 heterocycles.